The first-order valence-electron chi connectivity index (χ1n) is 10.6. The monoisotopic (exact) mass is 464 g/mol. The molecule has 0 heterocycles. The molecule has 8 heteroatoms. The minimum Gasteiger partial charge on any atom is -0.493 e. The Bertz CT molecular complexity index is 1050. The average molecular weight is 465 g/mol. The van der Waals surface area contributed by atoms with Crippen molar-refractivity contribution < 1.29 is 28.5 Å². The second-order valence-corrected chi connectivity index (χ2v) is 7.26. The van der Waals surface area contributed by atoms with E-state index in [1.165, 1.54) is 28.4 Å². The third-order valence-electron chi connectivity index (χ3n) is 5.22. The summed E-state index contributed by atoms with van der Waals surface area (Å²) in [5, 5.41) is 5.77. The Hall–Kier alpha value is -4.20. The summed E-state index contributed by atoms with van der Waals surface area (Å²) < 4.78 is 21.1. The van der Waals surface area contributed by atoms with Gasteiger partial charge >= 0.3 is 0 Å². The molecule has 0 bridgehead atoms. The summed E-state index contributed by atoms with van der Waals surface area (Å²) in [4.78, 5) is 25.3. The van der Waals surface area contributed by atoms with Crippen molar-refractivity contribution in [3.05, 3.63) is 82.9 Å². The van der Waals surface area contributed by atoms with Crippen LogP contribution in [0, 0.1) is 0 Å². The van der Waals surface area contributed by atoms with Crippen LogP contribution in [0.5, 0.6) is 23.0 Å². The normalized spacial score (nSPS) is 10.2. The number of hydrogen-bond acceptors (Lipinski definition) is 6. The van der Waals surface area contributed by atoms with Crippen LogP contribution in [0.4, 0.5) is 0 Å². The standard InChI is InChI=1S/C26H28N2O6/c1-31-21-9-5-7-19(23(21)33-3)25(29)27-15-17-11-13-18(14-12-17)16-28-26(30)20-8-6-10-22(32-2)24(20)34-4/h5-14H,15-16H2,1-4H3,(H,27,29)(H,28,30). The maximum atomic E-state index is 12.6. The molecule has 0 aliphatic carbocycles. The van der Waals surface area contributed by atoms with Gasteiger partial charge in [0.25, 0.3) is 11.8 Å². The van der Waals surface area contributed by atoms with Gasteiger partial charge in [0.1, 0.15) is 0 Å². The largest absolute Gasteiger partial charge is 0.493 e. The van der Waals surface area contributed by atoms with Crippen LogP contribution in [0.2, 0.25) is 0 Å². The van der Waals surface area contributed by atoms with E-state index >= 15 is 0 Å². The van der Waals surface area contributed by atoms with Crippen molar-refractivity contribution in [2.75, 3.05) is 28.4 Å². The number of rotatable bonds is 10. The summed E-state index contributed by atoms with van der Waals surface area (Å²) in [7, 11) is 6.04. The first-order valence-corrected chi connectivity index (χ1v) is 10.6. The maximum absolute atomic E-state index is 12.6. The molecule has 0 aromatic heterocycles. The van der Waals surface area contributed by atoms with Gasteiger partial charge in [0.15, 0.2) is 23.0 Å². The van der Waals surface area contributed by atoms with Gasteiger partial charge in [-0.3, -0.25) is 9.59 Å². The quantitative estimate of drug-likeness (QED) is 0.476. The van der Waals surface area contributed by atoms with Crippen LogP contribution in [-0.2, 0) is 13.1 Å². The maximum Gasteiger partial charge on any atom is 0.255 e. The van der Waals surface area contributed by atoms with E-state index in [9.17, 15) is 9.59 Å². The molecule has 0 aliphatic rings. The first-order chi connectivity index (χ1) is 16.5. The molecule has 0 saturated carbocycles. The van der Waals surface area contributed by atoms with Crippen LogP contribution < -0.4 is 29.6 Å². The lowest BCUT2D eigenvalue weighted by Crippen LogP contribution is -2.24. The summed E-state index contributed by atoms with van der Waals surface area (Å²) in [6.07, 6.45) is 0. The van der Waals surface area contributed by atoms with Crippen LogP contribution in [0.1, 0.15) is 31.8 Å². The topological polar surface area (TPSA) is 95.1 Å². The molecule has 0 spiro atoms. The van der Waals surface area contributed by atoms with E-state index < -0.39 is 0 Å². The van der Waals surface area contributed by atoms with Crippen molar-refractivity contribution in [2.45, 2.75) is 13.1 Å². The molecule has 34 heavy (non-hydrogen) atoms. The van der Waals surface area contributed by atoms with Crippen LogP contribution in [-0.4, -0.2) is 40.3 Å². The second kappa shape index (κ2) is 11.6. The summed E-state index contributed by atoms with van der Waals surface area (Å²) in [6, 6.07) is 17.9. The van der Waals surface area contributed by atoms with Gasteiger partial charge in [-0.25, -0.2) is 0 Å². The second-order valence-electron chi connectivity index (χ2n) is 7.26. The predicted octanol–water partition coefficient (Wildman–Crippen LogP) is 3.58. The summed E-state index contributed by atoms with van der Waals surface area (Å²) in [6.45, 7) is 0.680. The van der Waals surface area contributed by atoms with Crippen molar-refractivity contribution in [2.24, 2.45) is 0 Å². The Kier molecular flexibility index (Phi) is 8.34. The lowest BCUT2D eigenvalue weighted by molar-refractivity contribution is 0.0938. The average Bonchev–Trinajstić information content (AvgIpc) is 2.89. The first kappa shape index (κ1) is 24.4. The van der Waals surface area contributed by atoms with Crippen molar-refractivity contribution in [3.8, 4) is 23.0 Å². The lowest BCUT2D eigenvalue weighted by atomic mass is 10.1. The van der Waals surface area contributed by atoms with Gasteiger partial charge in [0, 0.05) is 13.1 Å². The Balaban J connectivity index is 1.58. The number of carbonyl (C=O) groups is 2. The highest BCUT2D eigenvalue weighted by molar-refractivity contribution is 5.98. The fraction of sp³-hybridized carbons (Fsp3) is 0.231. The van der Waals surface area contributed by atoms with Gasteiger partial charge < -0.3 is 29.6 Å². The number of benzene rings is 3. The molecule has 3 rings (SSSR count). The Morgan fingerprint density at radius 1 is 0.588 bits per heavy atom. The zero-order chi connectivity index (χ0) is 24.5. The molecule has 8 nitrogen and oxygen atoms in total. The number of para-hydroxylation sites is 2. The smallest absolute Gasteiger partial charge is 0.255 e. The third kappa shape index (κ3) is 5.58. The van der Waals surface area contributed by atoms with E-state index in [0.29, 0.717) is 47.2 Å². The molecule has 0 saturated heterocycles. The highest BCUT2D eigenvalue weighted by Crippen LogP contribution is 2.31. The third-order valence-corrected chi connectivity index (χ3v) is 5.22. The molecule has 0 aliphatic heterocycles. The molecule has 0 fully saturated rings. The van der Waals surface area contributed by atoms with E-state index in [1.807, 2.05) is 24.3 Å². The van der Waals surface area contributed by atoms with Gasteiger partial charge in [-0.2, -0.15) is 0 Å². The van der Waals surface area contributed by atoms with Crippen LogP contribution >= 0.6 is 0 Å². The number of carbonyl (C=O) groups excluding carboxylic acids is 2. The number of ether oxygens (including phenoxy) is 4. The zero-order valence-corrected chi connectivity index (χ0v) is 19.6. The van der Waals surface area contributed by atoms with Gasteiger partial charge in [0.2, 0.25) is 0 Å². The van der Waals surface area contributed by atoms with Gasteiger partial charge in [-0.15, -0.1) is 0 Å². The summed E-state index contributed by atoms with van der Waals surface area (Å²) >= 11 is 0. The van der Waals surface area contributed by atoms with Gasteiger partial charge in [-0.05, 0) is 35.4 Å². The highest BCUT2D eigenvalue weighted by Gasteiger charge is 2.17. The molecule has 2 N–H and O–H groups in total. The molecule has 0 unspecified atom stereocenters. The van der Waals surface area contributed by atoms with Crippen molar-refractivity contribution >= 4 is 11.8 Å². The Morgan fingerprint density at radius 2 is 0.971 bits per heavy atom. The molecular weight excluding hydrogens is 436 g/mol. The molecule has 0 atom stereocenters. The van der Waals surface area contributed by atoms with Crippen molar-refractivity contribution in [1.82, 2.24) is 10.6 Å². The number of hydrogen-bond donors (Lipinski definition) is 2. The van der Waals surface area contributed by atoms with Crippen molar-refractivity contribution in [1.29, 1.82) is 0 Å². The molecule has 2 amide bonds. The zero-order valence-electron chi connectivity index (χ0n) is 19.6. The minimum absolute atomic E-state index is 0.265. The van der Waals surface area contributed by atoms with Crippen molar-refractivity contribution in [3.63, 3.8) is 0 Å². The van der Waals surface area contributed by atoms with E-state index in [4.69, 9.17) is 18.9 Å². The van der Waals surface area contributed by atoms with Crippen LogP contribution in [0.25, 0.3) is 0 Å². The fourth-order valence-corrected chi connectivity index (χ4v) is 3.46. The minimum atomic E-state index is -0.265. The molecule has 178 valence electrons. The Morgan fingerprint density at radius 3 is 1.29 bits per heavy atom. The summed E-state index contributed by atoms with van der Waals surface area (Å²) in [5.41, 5.74) is 2.63. The molecule has 3 aromatic carbocycles. The Labute approximate surface area is 198 Å². The summed E-state index contributed by atoms with van der Waals surface area (Å²) in [5.74, 6) is 1.24. The van der Waals surface area contributed by atoms with E-state index in [-0.39, 0.29) is 11.8 Å². The van der Waals surface area contributed by atoms with E-state index in [1.54, 1.807) is 36.4 Å². The number of methoxy groups -OCH3 is 4. The number of nitrogens with one attached hydrogen (secondary N) is 2. The van der Waals surface area contributed by atoms with Gasteiger partial charge in [-0.1, -0.05) is 36.4 Å². The molecule has 3 aromatic rings. The van der Waals surface area contributed by atoms with Crippen LogP contribution in [0.15, 0.2) is 60.7 Å². The lowest BCUT2D eigenvalue weighted by Gasteiger charge is -2.13. The highest BCUT2D eigenvalue weighted by atomic mass is 16.5. The van der Waals surface area contributed by atoms with E-state index in [0.717, 1.165) is 11.1 Å². The SMILES string of the molecule is COc1cccc(C(=O)NCc2ccc(CNC(=O)c3cccc(OC)c3OC)cc2)c1OC. The van der Waals surface area contributed by atoms with Crippen LogP contribution in [0.3, 0.4) is 0 Å². The molecule has 0 radical (unpaired) electrons. The number of amides is 2. The predicted molar refractivity (Wildman–Crippen MR) is 128 cm³/mol. The fourth-order valence-electron chi connectivity index (χ4n) is 3.46. The molecular formula is C26H28N2O6. The van der Waals surface area contributed by atoms with E-state index in [2.05, 4.69) is 10.6 Å². The van der Waals surface area contributed by atoms with Gasteiger partial charge in [0.05, 0.1) is 39.6 Å².